The van der Waals surface area contributed by atoms with Crippen LogP contribution in [0.25, 0.3) is 0 Å². The molecular weight excluding hydrogens is 326 g/mol. The zero-order valence-corrected chi connectivity index (χ0v) is 14.9. The molecule has 2 aromatic heterocycles. The monoisotopic (exact) mass is 349 g/mol. The van der Waals surface area contributed by atoms with Gasteiger partial charge in [-0.3, -0.25) is 14.6 Å². The van der Waals surface area contributed by atoms with Crippen LogP contribution in [0.4, 0.5) is 5.82 Å². The Bertz CT molecular complexity index is 676. The Balaban J connectivity index is 1.40. The number of hydrogen-bond donors (Lipinski definition) is 1. The number of aryl methyl sites for hydroxylation is 2. The van der Waals surface area contributed by atoms with Gasteiger partial charge in [-0.15, -0.1) is 11.3 Å². The fourth-order valence-electron chi connectivity index (χ4n) is 2.73. The van der Waals surface area contributed by atoms with E-state index >= 15 is 0 Å². The molecule has 0 saturated carbocycles. The molecule has 130 valence electrons. The van der Waals surface area contributed by atoms with E-state index in [1.54, 1.807) is 24.3 Å². The number of nitrogens with one attached hydrogen (secondary N) is 1. The normalized spacial score (nSPS) is 16.4. The number of thiazole rings is 1. The molecule has 8 heteroatoms. The summed E-state index contributed by atoms with van der Waals surface area (Å²) in [4.78, 5) is 21.2. The van der Waals surface area contributed by atoms with Crippen LogP contribution < -0.4 is 5.32 Å². The molecule has 1 amide bonds. The Morgan fingerprint density at radius 3 is 2.71 bits per heavy atom. The summed E-state index contributed by atoms with van der Waals surface area (Å²) in [6.07, 6.45) is 0.999. The molecule has 0 aliphatic carbocycles. The Morgan fingerprint density at radius 2 is 2.08 bits per heavy atom. The molecule has 3 heterocycles. The van der Waals surface area contributed by atoms with Gasteiger partial charge in [0, 0.05) is 44.2 Å². The third-order valence-corrected chi connectivity index (χ3v) is 5.06. The molecule has 0 bridgehead atoms. The Labute approximate surface area is 145 Å². The standard InChI is InChI=1S/C16H23N5O2S/c1-3-16-17-13(11-24-16)9-20-4-6-21(7-5-20)10-15(22)18-14-8-12(2)23-19-14/h8,11H,3-7,9-10H2,1-2H3,(H,18,19,22). The molecule has 3 rings (SSSR count). The average Bonchev–Trinajstić information content (AvgIpc) is 3.18. The van der Waals surface area contributed by atoms with E-state index in [0.29, 0.717) is 18.1 Å². The third kappa shape index (κ3) is 4.62. The first-order valence-electron chi connectivity index (χ1n) is 8.23. The number of nitrogens with zero attached hydrogens (tertiary/aromatic N) is 4. The summed E-state index contributed by atoms with van der Waals surface area (Å²) in [6.45, 7) is 8.89. The zero-order chi connectivity index (χ0) is 16.9. The second-order valence-corrected chi connectivity index (χ2v) is 6.95. The smallest absolute Gasteiger partial charge is 0.239 e. The number of anilines is 1. The highest BCUT2D eigenvalue weighted by Gasteiger charge is 2.20. The van der Waals surface area contributed by atoms with Crippen LogP contribution in [0.15, 0.2) is 16.0 Å². The number of carbonyl (C=O) groups is 1. The maximum Gasteiger partial charge on any atom is 0.239 e. The van der Waals surface area contributed by atoms with Gasteiger partial charge >= 0.3 is 0 Å². The SMILES string of the molecule is CCc1nc(CN2CCN(CC(=O)Nc3cc(C)on3)CC2)cs1. The van der Waals surface area contributed by atoms with Crippen molar-refractivity contribution in [3.63, 3.8) is 0 Å². The lowest BCUT2D eigenvalue weighted by Crippen LogP contribution is -2.48. The highest BCUT2D eigenvalue weighted by Crippen LogP contribution is 2.14. The quantitative estimate of drug-likeness (QED) is 0.856. The second-order valence-electron chi connectivity index (χ2n) is 6.01. The van der Waals surface area contributed by atoms with E-state index in [2.05, 4.69) is 37.6 Å². The fourth-order valence-corrected chi connectivity index (χ4v) is 3.47. The number of rotatable bonds is 6. The summed E-state index contributed by atoms with van der Waals surface area (Å²) in [5.74, 6) is 1.11. The topological polar surface area (TPSA) is 74.5 Å². The van der Waals surface area contributed by atoms with Crippen LogP contribution in [0.1, 0.15) is 23.4 Å². The molecule has 1 saturated heterocycles. The van der Waals surface area contributed by atoms with Gasteiger partial charge in [0.15, 0.2) is 5.82 Å². The molecule has 1 fully saturated rings. The summed E-state index contributed by atoms with van der Waals surface area (Å²) in [5.41, 5.74) is 1.16. The number of aromatic nitrogens is 2. The molecule has 1 aliphatic heterocycles. The molecule has 0 spiro atoms. The predicted molar refractivity (Wildman–Crippen MR) is 93.1 cm³/mol. The van der Waals surface area contributed by atoms with Gasteiger partial charge in [0.25, 0.3) is 0 Å². The van der Waals surface area contributed by atoms with Crippen LogP contribution in [0.2, 0.25) is 0 Å². The van der Waals surface area contributed by atoms with Crippen molar-refractivity contribution in [3.05, 3.63) is 27.9 Å². The van der Waals surface area contributed by atoms with E-state index in [9.17, 15) is 4.79 Å². The molecule has 0 aromatic carbocycles. The van der Waals surface area contributed by atoms with Crippen molar-refractivity contribution in [2.45, 2.75) is 26.8 Å². The Kier molecular flexibility index (Phi) is 5.60. The van der Waals surface area contributed by atoms with E-state index in [1.807, 2.05) is 0 Å². The average molecular weight is 349 g/mol. The molecule has 0 atom stereocenters. The van der Waals surface area contributed by atoms with Crippen molar-refractivity contribution >= 4 is 23.1 Å². The molecule has 0 unspecified atom stereocenters. The summed E-state index contributed by atoms with van der Waals surface area (Å²) in [6, 6.07) is 1.72. The van der Waals surface area contributed by atoms with Crippen LogP contribution in [0.3, 0.4) is 0 Å². The summed E-state index contributed by atoms with van der Waals surface area (Å²) in [5, 5.41) is 9.89. The molecule has 24 heavy (non-hydrogen) atoms. The molecule has 7 nitrogen and oxygen atoms in total. The summed E-state index contributed by atoms with van der Waals surface area (Å²) in [7, 11) is 0. The highest BCUT2D eigenvalue weighted by molar-refractivity contribution is 7.09. The van der Waals surface area contributed by atoms with Crippen molar-refractivity contribution in [1.29, 1.82) is 0 Å². The molecule has 0 radical (unpaired) electrons. The van der Waals surface area contributed by atoms with E-state index in [1.165, 1.54) is 5.01 Å². The summed E-state index contributed by atoms with van der Waals surface area (Å²) >= 11 is 1.73. The Hall–Kier alpha value is -1.77. The van der Waals surface area contributed by atoms with Crippen LogP contribution in [0.5, 0.6) is 0 Å². The van der Waals surface area contributed by atoms with Crippen LogP contribution >= 0.6 is 11.3 Å². The van der Waals surface area contributed by atoms with Crippen molar-refractivity contribution in [1.82, 2.24) is 19.9 Å². The third-order valence-electron chi connectivity index (χ3n) is 4.01. The highest BCUT2D eigenvalue weighted by atomic mass is 32.1. The van der Waals surface area contributed by atoms with Gasteiger partial charge in [-0.25, -0.2) is 4.98 Å². The van der Waals surface area contributed by atoms with E-state index in [0.717, 1.165) is 44.8 Å². The van der Waals surface area contributed by atoms with Gasteiger partial charge in [-0.05, 0) is 13.3 Å². The van der Waals surface area contributed by atoms with Crippen LogP contribution in [-0.4, -0.2) is 58.6 Å². The maximum atomic E-state index is 12.0. The van der Waals surface area contributed by atoms with Crippen molar-refractivity contribution in [2.24, 2.45) is 0 Å². The number of piperazine rings is 1. The van der Waals surface area contributed by atoms with Gasteiger partial charge in [-0.1, -0.05) is 12.1 Å². The molecule has 1 aliphatic rings. The second kappa shape index (κ2) is 7.87. The lowest BCUT2D eigenvalue weighted by molar-refractivity contribution is -0.117. The van der Waals surface area contributed by atoms with Crippen molar-refractivity contribution < 1.29 is 9.32 Å². The van der Waals surface area contributed by atoms with Gasteiger partial charge < -0.3 is 9.84 Å². The van der Waals surface area contributed by atoms with E-state index in [-0.39, 0.29) is 5.91 Å². The number of hydrogen-bond acceptors (Lipinski definition) is 7. The lowest BCUT2D eigenvalue weighted by Gasteiger charge is -2.33. The number of amides is 1. The van der Waals surface area contributed by atoms with E-state index < -0.39 is 0 Å². The van der Waals surface area contributed by atoms with E-state index in [4.69, 9.17) is 4.52 Å². The largest absolute Gasteiger partial charge is 0.360 e. The van der Waals surface area contributed by atoms with Crippen LogP contribution in [0, 0.1) is 6.92 Å². The lowest BCUT2D eigenvalue weighted by atomic mass is 10.3. The van der Waals surface area contributed by atoms with Crippen LogP contribution in [-0.2, 0) is 17.8 Å². The minimum atomic E-state index is -0.0520. The Morgan fingerprint density at radius 1 is 1.33 bits per heavy atom. The minimum Gasteiger partial charge on any atom is -0.360 e. The maximum absolute atomic E-state index is 12.0. The first kappa shape index (κ1) is 17.1. The summed E-state index contributed by atoms with van der Waals surface area (Å²) < 4.78 is 4.95. The van der Waals surface area contributed by atoms with Gasteiger partial charge in [0.2, 0.25) is 5.91 Å². The predicted octanol–water partition coefficient (Wildman–Crippen LogP) is 1.76. The van der Waals surface area contributed by atoms with Gasteiger partial charge in [-0.2, -0.15) is 0 Å². The fraction of sp³-hybridized carbons (Fsp3) is 0.562. The first-order valence-corrected chi connectivity index (χ1v) is 9.11. The molecule has 2 aromatic rings. The van der Waals surface area contributed by atoms with Gasteiger partial charge in [0.1, 0.15) is 5.76 Å². The molecular formula is C16H23N5O2S. The zero-order valence-electron chi connectivity index (χ0n) is 14.1. The van der Waals surface area contributed by atoms with Gasteiger partial charge in [0.05, 0.1) is 17.2 Å². The first-order chi connectivity index (χ1) is 11.6. The minimum absolute atomic E-state index is 0.0520. The molecule has 1 N–H and O–H groups in total. The van der Waals surface area contributed by atoms with Crippen molar-refractivity contribution in [2.75, 3.05) is 38.0 Å². The van der Waals surface area contributed by atoms with Crippen molar-refractivity contribution in [3.8, 4) is 0 Å². The number of carbonyl (C=O) groups excluding carboxylic acids is 1.